The maximum atomic E-state index is 14.2. The fourth-order valence-corrected chi connectivity index (χ4v) is 3.02. The van der Waals surface area contributed by atoms with Crippen LogP contribution in [0.25, 0.3) is 0 Å². The first-order valence-corrected chi connectivity index (χ1v) is 8.30. The highest BCUT2D eigenvalue weighted by molar-refractivity contribution is 5.64. The zero-order chi connectivity index (χ0) is 19.6. The molecule has 144 valence electrons. The molecule has 0 spiro atoms. The van der Waals surface area contributed by atoms with E-state index in [1.807, 2.05) is 13.8 Å². The molecule has 0 aliphatic carbocycles. The van der Waals surface area contributed by atoms with Crippen molar-refractivity contribution in [3.05, 3.63) is 40.5 Å². The van der Waals surface area contributed by atoms with Gasteiger partial charge in [-0.2, -0.15) is 4.98 Å². The molecule has 0 bridgehead atoms. The van der Waals surface area contributed by atoms with Crippen LogP contribution in [0, 0.1) is 15.9 Å². The molecule has 2 heterocycles. The average molecular weight is 378 g/mol. The quantitative estimate of drug-likeness (QED) is 0.578. The summed E-state index contributed by atoms with van der Waals surface area (Å²) in [6.45, 7) is 4.59. The molecular weight excluding hydrogens is 359 g/mol. The molecule has 0 radical (unpaired) electrons. The average Bonchev–Trinajstić information content (AvgIpc) is 2.62. The molecule has 3 rings (SSSR count). The molecule has 0 N–H and O–H groups in total. The van der Waals surface area contributed by atoms with Crippen molar-refractivity contribution in [3.63, 3.8) is 0 Å². The Balaban J connectivity index is 2.04. The maximum absolute atomic E-state index is 14.2. The molecule has 2 atom stereocenters. The highest BCUT2D eigenvalue weighted by Gasteiger charge is 2.33. The first-order valence-electron chi connectivity index (χ1n) is 8.30. The van der Waals surface area contributed by atoms with Gasteiger partial charge >= 0.3 is 11.6 Å². The largest absolute Gasteiger partial charge is 0.493 e. The van der Waals surface area contributed by atoms with Crippen molar-refractivity contribution >= 4 is 11.5 Å². The minimum Gasteiger partial charge on any atom is -0.493 e. The molecule has 10 heteroatoms. The van der Waals surface area contributed by atoms with E-state index in [0.717, 1.165) is 12.4 Å². The van der Waals surface area contributed by atoms with Crippen LogP contribution in [0.5, 0.6) is 17.4 Å². The van der Waals surface area contributed by atoms with Gasteiger partial charge in [-0.1, -0.05) is 6.07 Å². The SMILES string of the molecule is COc1cccc(F)c1Oc1ncnc(N2CC(C)OC(C)C2)c1[N+](=O)[O-]. The minimum atomic E-state index is -0.725. The van der Waals surface area contributed by atoms with E-state index in [9.17, 15) is 14.5 Å². The lowest BCUT2D eigenvalue weighted by molar-refractivity contribution is -0.385. The van der Waals surface area contributed by atoms with Gasteiger partial charge in [-0.3, -0.25) is 10.1 Å². The van der Waals surface area contributed by atoms with E-state index >= 15 is 0 Å². The van der Waals surface area contributed by atoms with Crippen LogP contribution in [0.3, 0.4) is 0 Å². The van der Waals surface area contributed by atoms with Crippen LogP contribution >= 0.6 is 0 Å². The van der Waals surface area contributed by atoms with Crippen molar-refractivity contribution < 1.29 is 23.5 Å². The van der Waals surface area contributed by atoms with E-state index in [1.54, 1.807) is 4.90 Å². The molecule has 1 aromatic heterocycles. The molecule has 1 aromatic carbocycles. The van der Waals surface area contributed by atoms with E-state index in [-0.39, 0.29) is 35.4 Å². The van der Waals surface area contributed by atoms with Gasteiger partial charge in [0.2, 0.25) is 11.6 Å². The molecule has 2 unspecified atom stereocenters. The number of rotatable bonds is 5. The Kier molecular flexibility index (Phi) is 5.36. The third-order valence-electron chi connectivity index (χ3n) is 4.02. The summed E-state index contributed by atoms with van der Waals surface area (Å²) in [7, 11) is 1.35. The Morgan fingerprint density at radius 3 is 2.63 bits per heavy atom. The number of halogens is 1. The first-order chi connectivity index (χ1) is 12.9. The number of morpholine rings is 1. The third kappa shape index (κ3) is 3.90. The number of anilines is 1. The summed E-state index contributed by atoms with van der Waals surface area (Å²) in [6.07, 6.45) is 0.897. The molecule has 9 nitrogen and oxygen atoms in total. The van der Waals surface area contributed by atoms with Gasteiger partial charge in [0.1, 0.15) is 6.33 Å². The molecule has 2 aromatic rings. The minimum absolute atomic E-state index is 0.0954. The predicted octanol–water partition coefficient (Wildman–Crippen LogP) is 2.94. The molecule has 0 saturated carbocycles. The predicted molar refractivity (Wildman–Crippen MR) is 93.9 cm³/mol. The lowest BCUT2D eigenvalue weighted by Crippen LogP contribution is -2.46. The fourth-order valence-electron chi connectivity index (χ4n) is 3.02. The molecule has 27 heavy (non-hydrogen) atoms. The Morgan fingerprint density at radius 2 is 2.00 bits per heavy atom. The van der Waals surface area contributed by atoms with Crippen LogP contribution in [0.15, 0.2) is 24.5 Å². The molecule has 1 fully saturated rings. The van der Waals surface area contributed by atoms with Crippen molar-refractivity contribution in [2.45, 2.75) is 26.1 Å². The van der Waals surface area contributed by atoms with Crippen LogP contribution in [-0.4, -0.2) is 47.3 Å². The number of nitro groups is 1. The summed E-state index contributed by atoms with van der Waals surface area (Å²) in [4.78, 5) is 20.8. The molecule has 0 amide bonds. The number of hydrogen-bond acceptors (Lipinski definition) is 8. The van der Waals surface area contributed by atoms with Gasteiger partial charge in [0.05, 0.1) is 24.2 Å². The van der Waals surface area contributed by atoms with Crippen molar-refractivity contribution in [2.24, 2.45) is 0 Å². The summed E-state index contributed by atoms with van der Waals surface area (Å²) >= 11 is 0. The van der Waals surface area contributed by atoms with Gasteiger partial charge in [0.15, 0.2) is 11.6 Å². The van der Waals surface area contributed by atoms with Crippen molar-refractivity contribution in [2.75, 3.05) is 25.1 Å². The lowest BCUT2D eigenvalue weighted by Gasteiger charge is -2.35. The van der Waals surface area contributed by atoms with E-state index in [1.165, 1.54) is 19.2 Å². The van der Waals surface area contributed by atoms with Crippen LogP contribution < -0.4 is 14.4 Å². The summed E-state index contributed by atoms with van der Waals surface area (Å²) in [5.74, 6) is -1.17. The highest BCUT2D eigenvalue weighted by atomic mass is 19.1. The number of benzene rings is 1. The maximum Gasteiger partial charge on any atom is 0.373 e. The first kappa shape index (κ1) is 18.8. The summed E-state index contributed by atoms with van der Waals surface area (Å²) < 4.78 is 30.4. The number of hydrogen-bond donors (Lipinski definition) is 0. The smallest absolute Gasteiger partial charge is 0.373 e. The van der Waals surface area contributed by atoms with Gasteiger partial charge in [0, 0.05) is 13.1 Å². The van der Waals surface area contributed by atoms with Crippen molar-refractivity contribution in [1.29, 1.82) is 0 Å². The van der Waals surface area contributed by atoms with Crippen LogP contribution in [-0.2, 0) is 4.74 Å². The fraction of sp³-hybridized carbons (Fsp3) is 0.412. The highest BCUT2D eigenvalue weighted by Crippen LogP contribution is 2.40. The van der Waals surface area contributed by atoms with E-state index in [4.69, 9.17) is 14.2 Å². The zero-order valence-corrected chi connectivity index (χ0v) is 15.1. The number of aromatic nitrogens is 2. The molecular formula is C17H19FN4O5. The lowest BCUT2D eigenvalue weighted by atomic mass is 10.2. The standard InChI is InChI=1S/C17H19FN4O5/c1-10-7-21(8-11(2)26-10)16-14(22(23)24)17(20-9-19-16)27-15-12(18)5-4-6-13(15)25-3/h4-6,9-11H,7-8H2,1-3H3. The zero-order valence-electron chi connectivity index (χ0n) is 15.1. The van der Waals surface area contributed by atoms with Crippen molar-refractivity contribution in [3.8, 4) is 17.4 Å². The number of nitrogens with zero attached hydrogens (tertiary/aromatic N) is 4. The van der Waals surface area contributed by atoms with E-state index in [2.05, 4.69) is 9.97 Å². The Morgan fingerprint density at radius 1 is 1.30 bits per heavy atom. The Bertz CT molecular complexity index is 840. The third-order valence-corrected chi connectivity index (χ3v) is 4.02. The van der Waals surface area contributed by atoms with Crippen LogP contribution in [0.2, 0.25) is 0 Å². The molecule has 1 saturated heterocycles. The molecule has 1 aliphatic rings. The normalized spacial score (nSPS) is 19.6. The van der Waals surface area contributed by atoms with E-state index in [0.29, 0.717) is 13.1 Å². The Hall–Kier alpha value is -3.01. The number of para-hydroxylation sites is 1. The monoisotopic (exact) mass is 378 g/mol. The van der Waals surface area contributed by atoms with Gasteiger partial charge < -0.3 is 19.1 Å². The Labute approximate surface area is 154 Å². The summed E-state index contributed by atoms with van der Waals surface area (Å²) in [5, 5.41) is 11.7. The topological polar surface area (TPSA) is 99.9 Å². The van der Waals surface area contributed by atoms with Crippen molar-refractivity contribution in [1.82, 2.24) is 9.97 Å². The van der Waals surface area contributed by atoms with E-state index < -0.39 is 16.4 Å². The second-order valence-electron chi connectivity index (χ2n) is 6.14. The van der Waals surface area contributed by atoms with Crippen LogP contribution in [0.1, 0.15) is 13.8 Å². The van der Waals surface area contributed by atoms with Gasteiger partial charge in [-0.25, -0.2) is 9.37 Å². The van der Waals surface area contributed by atoms with Gasteiger partial charge in [0.25, 0.3) is 0 Å². The molecule has 1 aliphatic heterocycles. The second-order valence-corrected chi connectivity index (χ2v) is 6.14. The second kappa shape index (κ2) is 7.70. The number of methoxy groups -OCH3 is 1. The number of ether oxygens (including phenoxy) is 3. The summed E-state index contributed by atoms with van der Waals surface area (Å²) in [6, 6.07) is 4.09. The summed E-state index contributed by atoms with van der Waals surface area (Å²) in [5.41, 5.74) is -0.441. The van der Waals surface area contributed by atoms with Crippen LogP contribution in [0.4, 0.5) is 15.9 Å². The van der Waals surface area contributed by atoms with Gasteiger partial charge in [-0.05, 0) is 26.0 Å². The van der Waals surface area contributed by atoms with Gasteiger partial charge in [-0.15, -0.1) is 0 Å².